The van der Waals surface area contributed by atoms with Crippen molar-refractivity contribution in [1.82, 2.24) is 10.3 Å². The van der Waals surface area contributed by atoms with Crippen LogP contribution in [0.25, 0.3) is 16.8 Å². The van der Waals surface area contributed by atoms with Gasteiger partial charge in [0, 0.05) is 30.4 Å². The number of hydrogen-bond acceptors (Lipinski definition) is 3. The average Bonchev–Trinajstić information content (AvgIpc) is 2.76. The van der Waals surface area contributed by atoms with Gasteiger partial charge >= 0.3 is 0 Å². The van der Waals surface area contributed by atoms with Crippen molar-refractivity contribution >= 4 is 22.8 Å². The molecule has 0 fully saturated rings. The van der Waals surface area contributed by atoms with Gasteiger partial charge in [0.1, 0.15) is 5.75 Å². The molecule has 29 heavy (non-hydrogen) atoms. The minimum atomic E-state index is -0.0994. The summed E-state index contributed by atoms with van der Waals surface area (Å²) in [5.41, 5.74) is 2.11. The van der Waals surface area contributed by atoms with E-state index in [0.29, 0.717) is 13.2 Å². The van der Waals surface area contributed by atoms with Crippen molar-refractivity contribution in [3.05, 3.63) is 78.1 Å². The minimum absolute atomic E-state index is 0.0994. The highest BCUT2D eigenvalue weighted by Crippen LogP contribution is 2.28. The first-order valence-corrected chi connectivity index (χ1v) is 10.3. The van der Waals surface area contributed by atoms with Gasteiger partial charge in [-0.2, -0.15) is 0 Å². The summed E-state index contributed by atoms with van der Waals surface area (Å²) in [4.78, 5) is 16.2. The van der Waals surface area contributed by atoms with Crippen LogP contribution in [0.3, 0.4) is 0 Å². The molecule has 1 N–H and O–H groups in total. The number of aromatic nitrogens is 1. The number of benzene rings is 2. The molecule has 0 atom stereocenters. The summed E-state index contributed by atoms with van der Waals surface area (Å²) in [6, 6.07) is 16.2. The zero-order chi connectivity index (χ0) is 20.3. The highest BCUT2D eigenvalue weighted by atomic mass is 16.5. The molecule has 0 aliphatic heterocycles. The van der Waals surface area contributed by atoms with Crippen LogP contribution in [0.1, 0.15) is 37.3 Å². The van der Waals surface area contributed by atoms with Crippen LogP contribution in [-0.2, 0) is 11.2 Å². The van der Waals surface area contributed by atoms with Crippen LogP contribution in [0.4, 0.5) is 0 Å². The van der Waals surface area contributed by atoms with Crippen molar-refractivity contribution in [2.75, 3.05) is 13.2 Å². The lowest BCUT2D eigenvalue weighted by atomic mass is 10.1. The number of fused-ring (bicyclic) bond motifs is 1. The number of unbranched alkanes of at least 4 members (excludes halogenated alkanes) is 2. The highest BCUT2D eigenvalue weighted by molar-refractivity contribution is 5.94. The normalized spacial score (nSPS) is 11.1. The average molecular weight is 389 g/mol. The molecule has 4 nitrogen and oxygen atoms in total. The molecule has 1 amide bonds. The molecule has 0 aliphatic rings. The Labute approximate surface area is 172 Å². The van der Waals surface area contributed by atoms with E-state index in [-0.39, 0.29) is 5.91 Å². The van der Waals surface area contributed by atoms with Crippen LogP contribution < -0.4 is 10.1 Å². The summed E-state index contributed by atoms with van der Waals surface area (Å²) in [5.74, 6) is 0.773. The van der Waals surface area contributed by atoms with Gasteiger partial charge in [0.05, 0.1) is 6.61 Å². The van der Waals surface area contributed by atoms with Crippen molar-refractivity contribution in [2.24, 2.45) is 0 Å². The van der Waals surface area contributed by atoms with E-state index in [2.05, 4.69) is 35.4 Å². The van der Waals surface area contributed by atoms with Gasteiger partial charge < -0.3 is 10.1 Å². The number of pyridine rings is 1. The molecular weight excluding hydrogens is 360 g/mol. The summed E-state index contributed by atoms with van der Waals surface area (Å²) >= 11 is 0. The molecule has 1 aromatic heterocycles. The molecule has 0 saturated heterocycles. The maximum atomic E-state index is 12.2. The number of hydrogen-bond donors (Lipinski definition) is 1. The lowest BCUT2D eigenvalue weighted by Gasteiger charge is -2.11. The molecule has 0 aliphatic carbocycles. The Morgan fingerprint density at radius 2 is 1.93 bits per heavy atom. The number of rotatable bonds is 10. The number of carbonyl (C=O) groups is 1. The Balaban J connectivity index is 1.62. The molecule has 0 saturated carbocycles. The van der Waals surface area contributed by atoms with E-state index in [1.165, 1.54) is 6.42 Å². The Bertz CT molecular complexity index is 951. The fraction of sp³-hybridized carbons (Fsp3) is 0.280. The third-order valence-corrected chi connectivity index (χ3v) is 4.74. The van der Waals surface area contributed by atoms with E-state index in [9.17, 15) is 4.79 Å². The molecular formula is C25H28N2O2. The molecule has 3 aromatic rings. The maximum Gasteiger partial charge on any atom is 0.244 e. The van der Waals surface area contributed by atoms with Gasteiger partial charge in [0.2, 0.25) is 5.91 Å². The van der Waals surface area contributed by atoms with Gasteiger partial charge in [-0.1, -0.05) is 44.0 Å². The minimum Gasteiger partial charge on any atom is -0.493 e. The van der Waals surface area contributed by atoms with E-state index in [0.717, 1.165) is 46.9 Å². The van der Waals surface area contributed by atoms with E-state index in [4.69, 9.17) is 4.74 Å². The summed E-state index contributed by atoms with van der Waals surface area (Å²) in [5, 5.41) is 5.13. The molecule has 0 radical (unpaired) electrons. The lowest BCUT2D eigenvalue weighted by Crippen LogP contribution is -2.23. The van der Waals surface area contributed by atoms with Gasteiger partial charge in [0.15, 0.2) is 0 Å². The molecule has 2 aromatic carbocycles. The standard InChI is InChI=1S/C25H28N2O2/c1-2-3-6-17-29-24-19-21(18-22-7-4-5-8-23(22)24)9-10-25(28)27-16-13-20-11-14-26-15-12-20/h4-5,7-12,14-15,18-19H,2-3,6,13,16-17H2,1H3,(H,27,28). The Morgan fingerprint density at radius 3 is 2.76 bits per heavy atom. The number of nitrogens with one attached hydrogen (secondary N) is 1. The second kappa shape index (κ2) is 11.0. The molecule has 0 spiro atoms. The van der Waals surface area contributed by atoms with Crippen molar-refractivity contribution in [3.63, 3.8) is 0 Å². The predicted octanol–water partition coefficient (Wildman–Crippen LogP) is 5.18. The number of carbonyl (C=O) groups excluding carboxylic acids is 1. The smallest absolute Gasteiger partial charge is 0.244 e. The fourth-order valence-electron chi connectivity index (χ4n) is 3.16. The van der Waals surface area contributed by atoms with Crippen LogP contribution in [0.2, 0.25) is 0 Å². The third kappa shape index (κ3) is 6.46. The Hall–Kier alpha value is -3.14. The van der Waals surface area contributed by atoms with Crippen LogP contribution >= 0.6 is 0 Å². The van der Waals surface area contributed by atoms with Crippen LogP contribution in [0, 0.1) is 0 Å². The summed E-state index contributed by atoms with van der Waals surface area (Å²) in [7, 11) is 0. The topological polar surface area (TPSA) is 51.2 Å². The highest BCUT2D eigenvalue weighted by Gasteiger charge is 2.05. The van der Waals surface area contributed by atoms with Gasteiger partial charge in [-0.15, -0.1) is 0 Å². The number of ether oxygens (including phenoxy) is 1. The first-order chi connectivity index (χ1) is 14.3. The summed E-state index contributed by atoms with van der Waals surface area (Å²) in [6.07, 6.45) is 11.1. The van der Waals surface area contributed by atoms with Crippen LogP contribution in [0.5, 0.6) is 5.75 Å². The van der Waals surface area contributed by atoms with Crippen LogP contribution in [-0.4, -0.2) is 24.0 Å². The molecule has 0 bridgehead atoms. The Morgan fingerprint density at radius 1 is 1.10 bits per heavy atom. The molecule has 0 unspecified atom stereocenters. The molecule has 3 rings (SSSR count). The van der Waals surface area contributed by atoms with Crippen molar-refractivity contribution in [3.8, 4) is 5.75 Å². The SMILES string of the molecule is CCCCCOc1cc(C=CC(=O)NCCc2ccncc2)cc2ccccc12. The van der Waals surface area contributed by atoms with Crippen molar-refractivity contribution in [1.29, 1.82) is 0 Å². The van der Waals surface area contributed by atoms with E-state index in [1.807, 2.05) is 36.4 Å². The molecule has 4 heteroatoms. The largest absolute Gasteiger partial charge is 0.493 e. The zero-order valence-corrected chi connectivity index (χ0v) is 16.9. The van der Waals surface area contributed by atoms with Crippen molar-refractivity contribution in [2.45, 2.75) is 32.6 Å². The maximum absolute atomic E-state index is 12.2. The Kier molecular flexibility index (Phi) is 7.81. The molecule has 150 valence electrons. The van der Waals surface area contributed by atoms with Gasteiger partial charge in [-0.3, -0.25) is 9.78 Å². The van der Waals surface area contributed by atoms with Gasteiger partial charge in [-0.25, -0.2) is 0 Å². The van der Waals surface area contributed by atoms with E-state index >= 15 is 0 Å². The van der Waals surface area contributed by atoms with Crippen LogP contribution in [0.15, 0.2) is 67.0 Å². The number of amides is 1. The number of nitrogens with zero attached hydrogens (tertiary/aromatic N) is 1. The summed E-state index contributed by atoms with van der Waals surface area (Å²) < 4.78 is 6.04. The van der Waals surface area contributed by atoms with Gasteiger partial charge in [0.25, 0.3) is 0 Å². The monoisotopic (exact) mass is 388 g/mol. The quantitative estimate of drug-likeness (QED) is 0.385. The fourth-order valence-corrected chi connectivity index (χ4v) is 3.16. The molecule has 1 heterocycles. The van der Waals surface area contributed by atoms with E-state index < -0.39 is 0 Å². The van der Waals surface area contributed by atoms with Crippen molar-refractivity contribution < 1.29 is 9.53 Å². The van der Waals surface area contributed by atoms with E-state index in [1.54, 1.807) is 18.5 Å². The predicted molar refractivity (Wildman–Crippen MR) is 119 cm³/mol. The third-order valence-electron chi connectivity index (χ3n) is 4.74. The second-order valence-corrected chi connectivity index (χ2v) is 7.03. The first kappa shape index (κ1) is 20.6. The first-order valence-electron chi connectivity index (χ1n) is 10.3. The second-order valence-electron chi connectivity index (χ2n) is 7.03. The lowest BCUT2D eigenvalue weighted by molar-refractivity contribution is -0.116. The zero-order valence-electron chi connectivity index (χ0n) is 16.9. The summed E-state index contributed by atoms with van der Waals surface area (Å²) in [6.45, 7) is 3.49. The van der Waals surface area contributed by atoms with Gasteiger partial charge in [-0.05, 0) is 59.7 Å².